The van der Waals surface area contributed by atoms with Gasteiger partial charge in [0.15, 0.2) is 0 Å². The van der Waals surface area contributed by atoms with Gasteiger partial charge in [-0.2, -0.15) is 0 Å². The Morgan fingerprint density at radius 2 is 2.00 bits per heavy atom. The minimum absolute atomic E-state index is 0.0765. The lowest BCUT2D eigenvalue weighted by Gasteiger charge is -2.06. The van der Waals surface area contributed by atoms with E-state index in [2.05, 4.69) is 14.7 Å². The van der Waals surface area contributed by atoms with E-state index in [4.69, 9.17) is 5.73 Å². The summed E-state index contributed by atoms with van der Waals surface area (Å²) in [5, 5.41) is 0. The van der Waals surface area contributed by atoms with Gasteiger partial charge >= 0.3 is 0 Å². The monoisotopic (exact) mass is 264 g/mol. The van der Waals surface area contributed by atoms with Crippen LogP contribution in [0.15, 0.2) is 47.6 Å². The molecule has 2 rings (SSSR count). The SMILES string of the molecule is Nc1ccc(S(=O)(=O)NCc2ccccn2)cn1. The summed E-state index contributed by atoms with van der Waals surface area (Å²) < 4.78 is 26.2. The highest BCUT2D eigenvalue weighted by Crippen LogP contribution is 2.09. The van der Waals surface area contributed by atoms with Gasteiger partial charge in [0.1, 0.15) is 10.7 Å². The van der Waals surface area contributed by atoms with Gasteiger partial charge in [0.25, 0.3) is 0 Å². The number of hydrogen-bond donors (Lipinski definition) is 2. The fraction of sp³-hybridized carbons (Fsp3) is 0.0909. The lowest BCUT2D eigenvalue weighted by Crippen LogP contribution is -2.23. The number of nitrogens with zero attached hydrogens (tertiary/aromatic N) is 2. The first-order valence-electron chi connectivity index (χ1n) is 5.19. The van der Waals surface area contributed by atoms with Crippen LogP contribution in [0.5, 0.6) is 0 Å². The Labute approximate surface area is 105 Å². The zero-order valence-corrected chi connectivity index (χ0v) is 10.3. The second kappa shape index (κ2) is 5.11. The molecule has 3 N–H and O–H groups in total. The third-order valence-electron chi connectivity index (χ3n) is 2.24. The lowest BCUT2D eigenvalue weighted by atomic mass is 10.4. The molecule has 0 saturated carbocycles. The summed E-state index contributed by atoms with van der Waals surface area (Å²) in [7, 11) is -3.58. The number of aromatic nitrogens is 2. The van der Waals surface area contributed by atoms with Crippen molar-refractivity contribution in [1.82, 2.24) is 14.7 Å². The topological polar surface area (TPSA) is 98.0 Å². The van der Waals surface area contributed by atoms with Crippen molar-refractivity contribution in [3.05, 3.63) is 48.4 Å². The summed E-state index contributed by atoms with van der Waals surface area (Å²) in [6.07, 6.45) is 2.82. The summed E-state index contributed by atoms with van der Waals surface area (Å²) in [4.78, 5) is 7.85. The van der Waals surface area contributed by atoms with Crippen molar-refractivity contribution < 1.29 is 8.42 Å². The normalized spacial score (nSPS) is 11.3. The van der Waals surface area contributed by atoms with E-state index in [1.807, 2.05) is 0 Å². The van der Waals surface area contributed by atoms with Gasteiger partial charge in [-0.25, -0.2) is 18.1 Å². The second-order valence-electron chi connectivity index (χ2n) is 3.56. The van der Waals surface area contributed by atoms with Crippen molar-refractivity contribution in [2.45, 2.75) is 11.4 Å². The molecule has 0 aromatic carbocycles. The molecule has 0 fully saturated rings. The summed E-state index contributed by atoms with van der Waals surface area (Å²) in [5.41, 5.74) is 6.04. The molecule has 0 aliphatic carbocycles. The molecule has 18 heavy (non-hydrogen) atoms. The Morgan fingerprint density at radius 1 is 1.17 bits per heavy atom. The van der Waals surface area contributed by atoms with Crippen LogP contribution in [0.1, 0.15) is 5.69 Å². The molecule has 0 bridgehead atoms. The molecular formula is C11H12N4O2S. The third kappa shape index (κ3) is 3.02. The smallest absolute Gasteiger partial charge is 0.242 e. The van der Waals surface area contributed by atoms with Gasteiger partial charge in [0.2, 0.25) is 10.0 Å². The predicted molar refractivity (Wildman–Crippen MR) is 66.9 cm³/mol. The van der Waals surface area contributed by atoms with E-state index in [1.54, 1.807) is 24.4 Å². The minimum Gasteiger partial charge on any atom is -0.384 e. The fourth-order valence-corrected chi connectivity index (χ4v) is 2.25. The Balaban J connectivity index is 2.11. The summed E-state index contributed by atoms with van der Waals surface area (Å²) in [5.74, 6) is 0.277. The molecule has 0 atom stereocenters. The highest BCUT2D eigenvalue weighted by atomic mass is 32.2. The third-order valence-corrected chi connectivity index (χ3v) is 3.63. The number of nitrogen functional groups attached to an aromatic ring is 1. The van der Waals surface area contributed by atoms with Gasteiger partial charge in [-0.3, -0.25) is 4.98 Å². The van der Waals surface area contributed by atoms with Gasteiger partial charge in [-0.1, -0.05) is 6.07 Å². The Hall–Kier alpha value is -1.99. The maximum atomic E-state index is 11.9. The summed E-state index contributed by atoms with van der Waals surface area (Å²) in [6.45, 7) is 0.132. The van der Waals surface area contributed by atoms with Crippen LogP contribution in [0, 0.1) is 0 Å². The Morgan fingerprint density at radius 3 is 2.61 bits per heavy atom. The number of anilines is 1. The average Bonchev–Trinajstić information content (AvgIpc) is 2.38. The van der Waals surface area contributed by atoms with Crippen molar-refractivity contribution in [2.75, 3.05) is 5.73 Å². The zero-order valence-electron chi connectivity index (χ0n) is 9.45. The van der Waals surface area contributed by atoms with E-state index >= 15 is 0 Å². The van der Waals surface area contributed by atoms with E-state index in [0.717, 1.165) is 0 Å². The maximum Gasteiger partial charge on any atom is 0.242 e. The number of hydrogen-bond acceptors (Lipinski definition) is 5. The van der Waals surface area contributed by atoms with E-state index < -0.39 is 10.0 Å². The summed E-state index contributed by atoms with van der Waals surface area (Å²) >= 11 is 0. The van der Waals surface area contributed by atoms with Crippen LogP contribution < -0.4 is 10.5 Å². The highest BCUT2D eigenvalue weighted by Gasteiger charge is 2.13. The number of nitrogens with two attached hydrogens (primary N) is 1. The van der Waals surface area contributed by atoms with Crippen molar-refractivity contribution in [1.29, 1.82) is 0 Å². The second-order valence-corrected chi connectivity index (χ2v) is 5.33. The van der Waals surface area contributed by atoms with E-state index in [-0.39, 0.29) is 17.3 Å². The standard InChI is InChI=1S/C11H12N4O2S/c12-11-5-4-10(8-14-11)18(16,17)15-7-9-3-1-2-6-13-9/h1-6,8,15H,7H2,(H2,12,14). The lowest BCUT2D eigenvalue weighted by molar-refractivity contribution is 0.580. The van der Waals surface area contributed by atoms with Gasteiger partial charge in [0, 0.05) is 12.4 Å². The zero-order chi connectivity index (χ0) is 13.0. The van der Waals surface area contributed by atoms with Crippen LogP contribution in [-0.4, -0.2) is 18.4 Å². The van der Waals surface area contributed by atoms with Crippen LogP contribution in [0.2, 0.25) is 0 Å². The molecule has 7 heteroatoms. The average molecular weight is 264 g/mol. The number of pyridine rings is 2. The van der Waals surface area contributed by atoms with Crippen LogP contribution in [0.25, 0.3) is 0 Å². The first-order chi connectivity index (χ1) is 8.58. The molecule has 94 valence electrons. The van der Waals surface area contributed by atoms with Crippen LogP contribution in [0.4, 0.5) is 5.82 Å². The molecule has 0 saturated heterocycles. The van der Waals surface area contributed by atoms with Crippen molar-refractivity contribution in [3.63, 3.8) is 0 Å². The molecule has 6 nitrogen and oxygen atoms in total. The van der Waals surface area contributed by atoms with Crippen LogP contribution in [0.3, 0.4) is 0 Å². The molecule has 0 amide bonds. The van der Waals surface area contributed by atoms with Gasteiger partial charge in [-0.15, -0.1) is 0 Å². The van der Waals surface area contributed by atoms with Crippen LogP contribution >= 0.6 is 0 Å². The first kappa shape index (κ1) is 12.5. The number of sulfonamides is 1. The Bertz CT molecular complexity index is 611. The van der Waals surface area contributed by atoms with Crippen molar-refractivity contribution in [3.8, 4) is 0 Å². The largest absolute Gasteiger partial charge is 0.384 e. The van der Waals surface area contributed by atoms with Crippen LogP contribution in [-0.2, 0) is 16.6 Å². The molecule has 2 heterocycles. The van der Waals surface area contributed by atoms with Gasteiger partial charge in [-0.05, 0) is 24.3 Å². The molecular weight excluding hydrogens is 252 g/mol. The van der Waals surface area contributed by atoms with Gasteiger partial charge < -0.3 is 5.73 Å². The molecule has 2 aromatic rings. The van der Waals surface area contributed by atoms with E-state index in [9.17, 15) is 8.42 Å². The van der Waals surface area contributed by atoms with E-state index in [1.165, 1.54) is 18.3 Å². The Kier molecular flexibility index (Phi) is 3.54. The fourth-order valence-electron chi connectivity index (χ4n) is 1.31. The maximum absolute atomic E-state index is 11.9. The molecule has 0 spiro atoms. The quantitative estimate of drug-likeness (QED) is 0.839. The number of nitrogens with one attached hydrogen (secondary N) is 1. The summed E-state index contributed by atoms with van der Waals surface area (Å²) in [6, 6.07) is 8.14. The van der Waals surface area contributed by atoms with E-state index in [0.29, 0.717) is 5.69 Å². The molecule has 0 radical (unpaired) electrons. The molecule has 0 aliphatic rings. The molecule has 0 unspecified atom stereocenters. The minimum atomic E-state index is -3.58. The molecule has 0 aliphatic heterocycles. The number of rotatable bonds is 4. The molecule has 2 aromatic heterocycles. The predicted octanol–water partition coefficient (Wildman–Crippen LogP) is 0.537. The van der Waals surface area contributed by atoms with Crippen molar-refractivity contribution in [2.24, 2.45) is 0 Å². The first-order valence-corrected chi connectivity index (χ1v) is 6.67. The van der Waals surface area contributed by atoms with Crippen molar-refractivity contribution >= 4 is 15.8 Å². The highest BCUT2D eigenvalue weighted by molar-refractivity contribution is 7.89. The van der Waals surface area contributed by atoms with Gasteiger partial charge in [0.05, 0.1) is 12.2 Å².